The fourth-order valence-corrected chi connectivity index (χ4v) is 2.52. The highest BCUT2D eigenvalue weighted by atomic mass is 16.5. The molecule has 2 N–H and O–H groups in total. The van der Waals surface area contributed by atoms with Gasteiger partial charge in [-0.2, -0.15) is 0 Å². The molecule has 1 aliphatic rings. The molecular formula is C14H21NO4. The van der Waals surface area contributed by atoms with Gasteiger partial charge in [-0.25, -0.2) is 4.79 Å². The molecule has 1 aliphatic heterocycles. The summed E-state index contributed by atoms with van der Waals surface area (Å²) in [4.78, 5) is 11.3. The molecule has 2 atom stereocenters. The Morgan fingerprint density at radius 2 is 2.37 bits per heavy atom. The Hall–Kier alpha value is -1.33. The van der Waals surface area contributed by atoms with E-state index in [0.717, 1.165) is 13.0 Å². The second-order valence-corrected chi connectivity index (χ2v) is 5.28. The number of rotatable bonds is 4. The number of furan rings is 1. The number of hydrogen-bond donors (Lipinski definition) is 2. The van der Waals surface area contributed by atoms with Crippen LogP contribution in [0.5, 0.6) is 0 Å². The molecule has 0 spiro atoms. The average molecular weight is 267 g/mol. The lowest BCUT2D eigenvalue weighted by atomic mass is 9.90. The fourth-order valence-electron chi connectivity index (χ4n) is 2.52. The highest BCUT2D eigenvalue weighted by Gasteiger charge is 2.32. The summed E-state index contributed by atoms with van der Waals surface area (Å²) >= 11 is 0. The first-order chi connectivity index (χ1) is 9.03. The van der Waals surface area contributed by atoms with Gasteiger partial charge in [0.2, 0.25) is 5.76 Å². The van der Waals surface area contributed by atoms with Crippen LogP contribution in [0.25, 0.3) is 0 Å². The van der Waals surface area contributed by atoms with Crippen LogP contribution in [0.1, 0.15) is 48.9 Å². The molecule has 2 unspecified atom stereocenters. The molecule has 5 nitrogen and oxygen atoms in total. The molecule has 19 heavy (non-hydrogen) atoms. The van der Waals surface area contributed by atoms with E-state index in [4.69, 9.17) is 4.42 Å². The van der Waals surface area contributed by atoms with Crippen molar-refractivity contribution in [2.75, 3.05) is 13.7 Å². The van der Waals surface area contributed by atoms with Crippen LogP contribution in [0.4, 0.5) is 0 Å². The SMILES string of the molecule is COC(=O)c1ccc(C(C)(O)CC2CCCCN2)o1. The number of ether oxygens (including phenoxy) is 1. The van der Waals surface area contributed by atoms with Crippen molar-refractivity contribution in [2.45, 2.75) is 44.2 Å². The third kappa shape index (κ3) is 3.36. The third-order valence-corrected chi connectivity index (χ3v) is 3.58. The quantitative estimate of drug-likeness (QED) is 0.814. The van der Waals surface area contributed by atoms with Gasteiger partial charge in [0.25, 0.3) is 0 Å². The molecule has 1 aromatic rings. The van der Waals surface area contributed by atoms with Gasteiger partial charge in [-0.3, -0.25) is 0 Å². The minimum absolute atomic E-state index is 0.120. The molecule has 0 amide bonds. The monoisotopic (exact) mass is 267 g/mol. The summed E-state index contributed by atoms with van der Waals surface area (Å²) in [6.45, 7) is 2.70. The Kier molecular flexibility index (Phi) is 4.27. The molecule has 106 valence electrons. The van der Waals surface area contributed by atoms with E-state index < -0.39 is 11.6 Å². The van der Waals surface area contributed by atoms with Gasteiger partial charge in [0.15, 0.2) is 0 Å². The Bertz CT molecular complexity index is 432. The zero-order valence-electron chi connectivity index (χ0n) is 11.4. The van der Waals surface area contributed by atoms with Crippen molar-refractivity contribution in [3.05, 3.63) is 23.7 Å². The first-order valence-corrected chi connectivity index (χ1v) is 6.67. The van der Waals surface area contributed by atoms with Gasteiger partial charge in [-0.15, -0.1) is 0 Å². The van der Waals surface area contributed by atoms with Crippen molar-refractivity contribution in [1.29, 1.82) is 0 Å². The molecule has 0 bridgehead atoms. The molecular weight excluding hydrogens is 246 g/mol. The van der Waals surface area contributed by atoms with E-state index in [0.29, 0.717) is 12.2 Å². The van der Waals surface area contributed by atoms with Gasteiger partial charge < -0.3 is 19.6 Å². The summed E-state index contributed by atoms with van der Waals surface area (Å²) in [5.41, 5.74) is -1.08. The predicted octanol–water partition coefficient (Wildman–Crippen LogP) is 1.81. The smallest absolute Gasteiger partial charge is 0.373 e. The standard InChI is InChI=1S/C14H21NO4/c1-14(17,9-10-5-3-4-8-15-10)12-7-6-11(19-12)13(16)18-2/h6-7,10,15,17H,3-5,8-9H2,1-2H3. The minimum Gasteiger partial charge on any atom is -0.463 e. The number of carbonyl (C=O) groups is 1. The van der Waals surface area contributed by atoms with Crippen LogP contribution in [-0.2, 0) is 10.3 Å². The zero-order chi connectivity index (χ0) is 13.9. The maximum absolute atomic E-state index is 11.3. The second kappa shape index (κ2) is 5.75. The first-order valence-electron chi connectivity index (χ1n) is 6.67. The van der Waals surface area contributed by atoms with Crippen LogP contribution in [0.15, 0.2) is 16.5 Å². The molecule has 1 aromatic heterocycles. The minimum atomic E-state index is -1.08. The van der Waals surface area contributed by atoms with Crippen LogP contribution in [0, 0.1) is 0 Å². The van der Waals surface area contributed by atoms with E-state index in [9.17, 15) is 9.90 Å². The Balaban J connectivity index is 2.05. The molecule has 1 fully saturated rings. The average Bonchev–Trinajstić information content (AvgIpc) is 2.89. The number of carbonyl (C=O) groups excluding carboxylic acids is 1. The molecule has 0 saturated carbocycles. The van der Waals surface area contributed by atoms with Crippen molar-refractivity contribution in [3.8, 4) is 0 Å². The van der Waals surface area contributed by atoms with Crippen molar-refractivity contribution in [3.63, 3.8) is 0 Å². The highest BCUT2D eigenvalue weighted by molar-refractivity contribution is 5.86. The number of nitrogens with one attached hydrogen (secondary N) is 1. The van der Waals surface area contributed by atoms with Gasteiger partial charge >= 0.3 is 5.97 Å². The van der Waals surface area contributed by atoms with Crippen LogP contribution in [0.2, 0.25) is 0 Å². The van der Waals surface area contributed by atoms with Crippen molar-refractivity contribution in [2.24, 2.45) is 0 Å². The van der Waals surface area contributed by atoms with E-state index in [-0.39, 0.29) is 11.8 Å². The Morgan fingerprint density at radius 3 is 3.00 bits per heavy atom. The van der Waals surface area contributed by atoms with Gasteiger partial charge in [-0.1, -0.05) is 6.42 Å². The Morgan fingerprint density at radius 1 is 1.58 bits per heavy atom. The number of piperidine rings is 1. The molecule has 1 saturated heterocycles. The molecule has 5 heteroatoms. The fraction of sp³-hybridized carbons (Fsp3) is 0.643. The highest BCUT2D eigenvalue weighted by Crippen LogP contribution is 2.29. The lowest BCUT2D eigenvalue weighted by Crippen LogP contribution is -2.39. The summed E-state index contributed by atoms with van der Waals surface area (Å²) in [7, 11) is 1.30. The normalized spacial score (nSPS) is 22.8. The summed E-state index contributed by atoms with van der Waals surface area (Å²) in [5.74, 6) is -0.00695. The van der Waals surface area contributed by atoms with Crippen LogP contribution >= 0.6 is 0 Å². The number of esters is 1. The van der Waals surface area contributed by atoms with Crippen molar-refractivity contribution < 1.29 is 19.1 Å². The summed E-state index contributed by atoms with van der Waals surface area (Å²) in [6.07, 6.45) is 3.99. The summed E-state index contributed by atoms with van der Waals surface area (Å²) in [5, 5.41) is 13.9. The van der Waals surface area contributed by atoms with E-state index in [1.54, 1.807) is 13.0 Å². The van der Waals surface area contributed by atoms with Gasteiger partial charge in [-0.05, 0) is 44.9 Å². The van der Waals surface area contributed by atoms with E-state index in [2.05, 4.69) is 10.1 Å². The van der Waals surface area contributed by atoms with Gasteiger partial charge in [0.05, 0.1) is 7.11 Å². The zero-order valence-corrected chi connectivity index (χ0v) is 11.4. The lowest BCUT2D eigenvalue weighted by molar-refractivity contribution is 0.0106. The van der Waals surface area contributed by atoms with E-state index >= 15 is 0 Å². The maximum Gasteiger partial charge on any atom is 0.373 e. The number of hydrogen-bond acceptors (Lipinski definition) is 5. The van der Waals surface area contributed by atoms with E-state index in [1.165, 1.54) is 26.0 Å². The predicted molar refractivity (Wildman–Crippen MR) is 69.9 cm³/mol. The molecule has 0 aromatic carbocycles. The molecule has 0 aliphatic carbocycles. The van der Waals surface area contributed by atoms with Gasteiger partial charge in [0.1, 0.15) is 11.4 Å². The lowest BCUT2D eigenvalue weighted by Gasteiger charge is -2.30. The topological polar surface area (TPSA) is 71.7 Å². The summed E-state index contributed by atoms with van der Waals surface area (Å²) < 4.78 is 9.98. The van der Waals surface area contributed by atoms with Crippen LogP contribution < -0.4 is 5.32 Å². The largest absolute Gasteiger partial charge is 0.463 e. The van der Waals surface area contributed by atoms with Crippen molar-refractivity contribution in [1.82, 2.24) is 5.32 Å². The molecule has 2 rings (SSSR count). The first kappa shape index (κ1) is 14.1. The maximum atomic E-state index is 11.3. The Labute approximate surface area is 112 Å². The third-order valence-electron chi connectivity index (χ3n) is 3.58. The van der Waals surface area contributed by atoms with Crippen LogP contribution in [0.3, 0.4) is 0 Å². The van der Waals surface area contributed by atoms with E-state index in [1.807, 2.05) is 0 Å². The summed E-state index contributed by atoms with van der Waals surface area (Å²) in [6, 6.07) is 3.45. The second-order valence-electron chi connectivity index (χ2n) is 5.28. The number of aliphatic hydroxyl groups is 1. The van der Waals surface area contributed by atoms with Crippen LogP contribution in [-0.4, -0.2) is 30.8 Å². The molecule has 2 heterocycles. The number of methoxy groups -OCH3 is 1. The molecule has 0 radical (unpaired) electrons. The van der Waals surface area contributed by atoms with Crippen molar-refractivity contribution >= 4 is 5.97 Å². The van der Waals surface area contributed by atoms with Gasteiger partial charge in [0, 0.05) is 6.04 Å².